The Morgan fingerprint density at radius 1 is 0.371 bits per heavy atom. The van der Waals surface area contributed by atoms with E-state index in [4.69, 9.17) is 9.47 Å². The summed E-state index contributed by atoms with van der Waals surface area (Å²) in [6.45, 7) is 31.0. The average Bonchev–Trinajstić information content (AvgIpc) is 3.21. The van der Waals surface area contributed by atoms with Crippen molar-refractivity contribution in [3.8, 4) is 0 Å². The topological polar surface area (TPSA) is 144 Å². The van der Waals surface area contributed by atoms with Crippen LogP contribution in [0, 0.1) is 99.9 Å². The van der Waals surface area contributed by atoms with Crippen LogP contribution in [0.4, 0.5) is 0 Å². The van der Waals surface area contributed by atoms with E-state index >= 15 is 0 Å². The van der Waals surface area contributed by atoms with Crippen LogP contribution in [0.25, 0.3) is 0 Å². The van der Waals surface area contributed by atoms with Crippen molar-refractivity contribution in [2.75, 3.05) is 26.4 Å². The smallest absolute Gasteiger partial charge is 0.213 e. The number of ether oxygens (including phenoxy) is 2. The maximum absolute atomic E-state index is 4.94. The van der Waals surface area contributed by atoms with Crippen molar-refractivity contribution < 1.29 is 64.9 Å². The van der Waals surface area contributed by atoms with Gasteiger partial charge in [0.15, 0.2) is 0 Å². The fourth-order valence-corrected chi connectivity index (χ4v) is 1.02. The molecule has 2 saturated heterocycles. The van der Waals surface area contributed by atoms with Crippen LogP contribution in [0.3, 0.4) is 0 Å². The van der Waals surface area contributed by atoms with E-state index in [9.17, 15) is 0 Å². The molecule has 0 bridgehead atoms. The first-order valence-corrected chi connectivity index (χ1v) is 8.15. The van der Waals surface area contributed by atoms with Gasteiger partial charge in [-0.2, -0.15) is 0 Å². The van der Waals surface area contributed by atoms with Gasteiger partial charge in [0.05, 0.1) is 0 Å². The van der Waals surface area contributed by atoms with E-state index in [-0.39, 0.29) is 107 Å². The molecule has 35 heavy (non-hydrogen) atoms. The summed E-state index contributed by atoms with van der Waals surface area (Å²) in [5.41, 5.74) is 0. The average molecular weight is 609 g/mol. The van der Waals surface area contributed by atoms with Crippen LogP contribution in [0.2, 0.25) is 0 Å². The van der Waals surface area contributed by atoms with E-state index in [0.29, 0.717) is 0 Å². The molecule has 0 amide bonds. The van der Waals surface area contributed by atoms with E-state index in [1.54, 1.807) is 0 Å². The van der Waals surface area contributed by atoms with Gasteiger partial charge in [0.2, 0.25) is 25.7 Å². The fourth-order valence-electron chi connectivity index (χ4n) is 1.02. The fraction of sp³-hybridized carbons (Fsp3) is 0.481. The third kappa shape index (κ3) is 359. The molecule has 6 nitrogen and oxygen atoms in total. The van der Waals surface area contributed by atoms with Gasteiger partial charge in [0, 0.05) is 60.0 Å². The van der Waals surface area contributed by atoms with E-state index < -0.39 is 0 Å². The van der Waals surface area contributed by atoms with Gasteiger partial charge in [0.25, 0.3) is 0 Å². The minimum Gasteiger partial charge on any atom is -0.412 e. The zero-order valence-corrected chi connectivity index (χ0v) is 25.7. The predicted octanol–water partition coefficient (Wildman–Crippen LogP) is 5.81. The van der Waals surface area contributed by atoms with Crippen molar-refractivity contribution in [3.05, 3.63) is 99.9 Å². The summed E-state index contributed by atoms with van der Waals surface area (Å²) in [6, 6.07) is 0. The predicted molar refractivity (Wildman–Crippen MR) is 161 cm³/mol. The second-order valence-corrected chi connectivity index (χ2v) is 4.05. The minimum atomic E-state index is 0. The number of hydrogen-bond acceptors (Lipinski definition) is 2. The Bertz CT molecular complexity index is 99.0. The molecule has 0 aromatic heterocycles. The van der Waals surface area contributed by atoms with Gasteiger partial charge in [-0.25, -0.2) is 0 Å². The van der Waals surface area contributed by atoms with Crippen LogP contribution >= 0.6 is 0 Å². The van der Waals surface area contributed by atoms with Crippen molar-refractivity contribution >= 4 is 0 Å². The molecule has 0 atom stereocenters. The zero-order chi connectivity index (χ0) is 17.9. The van der Waals surface area contributed by atoms with Crippen LogP contribution in [0.15, 0.2) is 0 Å². The first kappa shape index (κ1) is 126. The van der Waals surface area contributed by atoms with Crippen LogP contribution in [-0.2, 0) is 43.0 Å². The second-order valence-electron chi connectivity index (χ2n) is 4.05. The van der Waals surface area contributed by atoms with E-state index in [1.165, 1.54) is 25.7 Å². The standard InChI is InChI=1S/2C4H8O.4C3H6.CH4.6CH3.2Co.4H2O/c2*1-2-4-5-3-1;4*1-3-2;;;;;;;;;;;;;/h2*1-4H2;4*1-3H2;1H4;6*1H3;;;4*1H2/q;;4*+2;;6*-1;;;;;;. The van der Waals surface area contributed by atoms with Crippen molar-refractivity contribution in [2.24, 2.45) is 0 Å². The van der Waals surface area contributed by atoms with Crippen LogP contribution in [0.5, 0.6) is 0 Å². The molecule has 2 radical (unpaired) electrons. The quantitative estimate of drug-likeness (QED) is 0.320. The number of rotatable bonds is 0. The van der Waals surface area contributed by atoms with Gasteiger partial charge in [-0.1, -0.05) is 7.43 Å². The second kappa shape index (κ2) is 192. The van der Waals surface area contributed by atoms with Crippen molar-refractivity contribution in [2.45, 2.75) is 58.8 Å². The molecule has 8 heteroatoms. The zero-order valence-electron chi connectivity index (χ0n) is 23.6. The molecule has 2 rings (SSSR count). The first-order valence-electron chi connectivity index (χ1n) is 8.15. The molecule has 230 valence electrons. The summed E-state index contributed by atoms with van der Waals surface area (Å²) in [6.07, 6.45) is 8.11. The molecule has 8 N–H and O–H groups in total. The van der Waals surface area contributed by atoms with Gasteiger partial charge in [-0.15, -0.1) is 0 Å². The Kier molecular flexibility index (Phi) is 688. The van der Waals surface area contributed by atoms with Gasteiger partial charge in [-0.05, 0) is 25.7 Å². The molecule has 2 aliphatic heterocycles. The monoisotopic (exact) mass is 608 g/mol. The molecule has 2 fully saturated rings. The molecular weight excluding hydrogens is 538 g/mol. The van der Waals surface area contributed by atoms with Crippen molar-refractivity contribution in [1.29, 1.82) is 0 Å². The molecule has 0 unspecified atom stereocenters. The van der Waals surface area contributed by atoms with E-state index in [0.717, 1.165) is 52.1 Å². The Morgan fingerprint density at radius 2 is 0.457 bits per heavy atom. The maximum Gasteiger partial charge on any atom is 0.213 e. The molecule has 2 heterocycles. The third-order valence-electron chi connectivity index (χ3n) is 1.65. The summed E-state index contributed by atoms with van der Waals surface area (Å²) in [4.78, 5) is 0. The SMILES string of the molecule is C.C1CCOC1.C1CCOC1.O.O.O.O.[CH2+]C[CH2+].[CH2+]C[CH2+].[CH2+]C[CH2+].[CH2+]C[CH2+].[CH3-].[CH3-].[CH3-].[CH3-].[CH3-].[CH3-].[Co].[Co]. The summed E-state index contributed by atoms with van der Waals surface area (Å²) >= 11 is 0. The van der Waals surface area contributed by atoms with Gasteiger partial charge in [0.1, 0.15) is 55.4 Å². The molecule has 0 aromatic rings. The summed E-state index contributed by atoms with van der Waals surface area (Å²) in [5.74, 6) is 0. The van der Waals surface area contributed by atoms with Gasteiger partial charge in [-0.3, -0.25) is 0 Å². The Morgan fingerprint density at radius 3 is 0.486 bits per heavy atom. The van der Waals surface area contributed by atoms with Gasteiger partial charge >= 0.3 is 0 Å². The third-order valence-corrected chi connectivity index (χ3v) is 1.65. The molecule has 0 aliphatic carbocycles. The molecule has 0 aromatic carbocycles. The number of hydrogen-bond donors (Lipinski definition) is 0. The van der Waals surface area contributed by atoms with Crippen molar-refractivity contribution in [1.82, 2.24) is 0 Å². The molecule has 2 aliphatic rings. The Balaban J connectivity index is -0.00000000700. The summed E-state index contributed by atoms with van der Waals surface area (Å²) in [7, 11) is 0. The summed E-state index contributed by atoms with van der Waals surface area (Å²) in [5, 5.41) is 0. The molecular formula is C27H70Co2O6+2. The molecule has 0 saturated carbocycles. The summed E-state index contributed by atoms with van der Waals surface area (Å²) < 4.78 is 9.89. The first-order chi connectivity index (χ1) is 10.7. The maximum atomic E-state index is 4.94. The normalized spacial score (nSPS) is 8.69. The van der Waals surface area contributed by atoms with Crippen LogP contribution in [0.1, 0.15) is 58.8 Å². The Labute approximate surface area is 249 Å². The van der Waals surface area contributed by atoms with E-state index in [1.807, 2.05) is 0 Å². The van der Waals surface area contributed by atoms with Crippen molar-refractivity contribution in [3.63, 3.8) is 0 Å². The Hall–Kier alpha value is -0.267. The largest absolute Gasteiger partial charge is 0.412 e. The van der Waals surface area contributed by atoms with Crippen LogP contribution < -0.4 is 0 Å². The minimum absolute atomic E-state index is 0. The van der Waals surface area contributed by atoms with E-state index in [2.05, 4.69) is 55.4 Å². The molecule has 0 spiro atoms. The van der Waals surface area contributed by atoms with Crippen LogP contribution in [-0.4, -0.2) is 48.3 Å². The van der Waals surface area contributed by atoms with Gasteiger partial charge < -0.3 is 75.9 Å².